The van der Waals surface area contributed by atoms with Crippen molar-refractivity contribution in [3.8, 4) is 0 Å². The lowest BCUT2D eigenvalue weighted by atomic mass is 9.65. The molecule has 1 saturated carbocycles. The van der Waals surface area contributed by atoms with Gasteiger partial charge in [-0.05, 0) is 12.8 Å². The van der Waals surface area contributed by atoms with E-state index in [1.165, 1.54) is 0 Å². The number of hydrogen-bond donors (Lipinski definition) is 0. The van der Waals surface area contributed by atoms with E-state index in [0.29, 0.717) is 5.41 Å². The summed E-state index contributed by atoms with van der Waals surface area (Å²) >= 11 is 0. The molecule has 0 unspecified atom stereocenters. The van der Waals surface area contributed by atoms with Gasteiger partial charge in [-0.15, -0.1) is 0 Å². The second kappa shape index (κ2) is 1.25. The Labute approximate surface area is 48.5 Å². The first-order valence-electron chi connectivity index (χ1n) is 3.04. The van der Waals surface area contributed by atoms with Crippen LogP contribution in [0.2, 0.25) is 0 Å². The normalized spacial score (nSPS) is 34.1. The predicted molar refractivity (Wildman–Crippen MR) is 27.0 cm³/mol. The van der Waals surface area contributed by atoms with Gasteiger partial charge in [0.1, 0.15) is 0 Å². The molecule has 0 aromatic carbocycles. The van der Waals surface area contributed by atoms with Crippen LogP contribution in [0.1, 0.15) is 12.8 Å². The van der Waals surface area contributed by atoms with E-state index in [9.17, 15) is 5.11 Å². The van der Waals surface area contributed by atoms with Gasteiger partial charge in [0.15, 0.2) is 0 Å². The second-order valence-electron chi connectivity index (χ2n) is 3.02. The quantitative estimate of drug-likeness (QED) is 0.452. The third kappa shape index (κ3) is 0.446. The summed E-state index contributed by atoms with van der Waals surface area (Å²) in [6, 6.07) is 0. The highest BCUT2D eigenvalue weighted by Gasteiger charge is 2.49. The summed E-state index contributed by atoms with van der Waals surface area (Å²) in [5.74, 6) is 0. The Morgan fingerprint density at radius 1 is 1.38 bits per heavy atom. The van der Waals surface area contributed by atoms with Gasteiger partial charge in [-0.3, -0.25) is 0 Å². The molecule has 1 radical (unpaired) electrons. The first kappa shape index (κ1) is 4.77. The lowest BCUT2D eigenvalue weighted by molar-refractivity contribution is -0.209. The van der Waals surface area contributed by atoms with E-state index in [2.05, 4.69) is 0 Å². The second-order valence-corrected chi connectivity index (χ2v) is 3.02. The van der Waals surface area contributed by atoms with Crippen LogP contribution in [0, 0.1) is 5.41 Å². The molecule has 8 heavy (non-hydrogen) atoms. The van der Waals surface area contributed by atoms with Crippen molar-refractivity contribution in [3.05, 3.63) is 0 Å². The van der Waals surface area contributed by atoms with Crippen LogP contribution in [-0.4, -0.2) is 19.3 Å². The molecule has 1 saturated heterocycles. The largest absolute Gasteiger partial charge is 0.380 e. The maximum Gasteiger partial charge on any atom is 0.0944 e. The smallest absolute Gasteiger partial charge is 0.0944 e. The first-order valence-corrected chi connectivity index (χ1v) is 3.04. The Kier molecular flexibility index (Phi) is 0.746. The molecule has 0 bridgehead atoms. The van der Waals surface area contributed by atoms with Crippen molar-refractivity contribution in [2.24, 2.45) is 5.41 Å². The van der Waals surface area contributed by atoms with E-state index in [4.69, 9.17) is 4.74 Å². The lowest BCUT2D eigenvalue weighted by Gasteiger charge is -2.50. The molecular formula is C6H9O2. The maximum atomic E-state index is 10.5. The van der Waals surface area contributed by atoms with Crippen molar-refractivity contribution < 1.29 is 9.84 Å². The third-order valence-electron chi connectivity index (χ3n) is 2.14. The van der Waals surface area contributed by atoms with Gasteiger partial charge in [0.05, 0.1) is 19.3 Å². The van der Waals surface area contributed by atoms with Gasteiger partial charge in [-0.1, -0.05) is 0 Å². The van der Waals surface area contributed by atoms with Gasteiger partial charge in [0.2, 0.25) is 0 Å². The van der Waals surface area contributed by atoms with Crippen LogP contribution in [0.3, 0.4) is 0 Å². The highest BCUT2D eigenvalue weighted by Crippen LogP contribution is 2.46. The van der Waals surface area contributed by atoms with E-state index in [1.807, 2.05) is 0 Å². The summed E-state index contributed by atoms with van der Waals surface area (Å²) in [4.78, 5) is 0. The van der Waals surface area contributed by atoms with Gasteiger partial charge in [0.25, 0.3) is 0 Å². The molecule has 0 aromatic heterocycles. The number of hydrogen-bond acceptors (Lipinski definition) is 1. The van der Waals surface area contributed by atoms with E-state index >= 15 is 0 Å². The van der Waals surface area contributed by atoms with Crippen LogP contribution in [0.5, 0.6) is 0 Å². The molecule has 1 heterocycles. The van der Waals surface area contributed by atoms with E-state index in [1.54, 1.807) is 0 Å². The molecule has 2 rings (SSSR count). The zero-order valence-corrected chi connectivity index (χ0v) is 4.72. The third-order valence-corrected chi connectivity index (χ3v) is 2.14. The summed E-state index contributed by atoms with van der Waals surface area (Å²) in [6.45, 7) is 1.71. The SMILES string of the molecule is [O]C1CC2(COC2)C1. The Morgan fingerprint density at radius 3 is 2.12 bits per heavy atom. The summed E-state index contributed by atoms with van der Waals surface area (Å²) < 4.78 is 4.99. The monoisotopic (exact) mass is 113 g/mol. The van der Waals surface area contributed by atoms with Gasteiger partial charge in [0, 0.05) is 5.41 Å². The highest BCUT2D eigenvalue weighted by atomic mass is 16.5. The molecule has 0 N–H and O–H groups in total. The standard InChI is InChI=1S/C6H9O2/c7-5-1-6(2-5)3-8-4-6/h5H,1-4H2. The Balaban J connectivity index is 1.92. The Hall–Kier alpha value is -0.0800. The van der Waals surface area contributed by atoms with Crippen molar-refractivity contribution in [1.29, 1.82) is 0 Å². The lowest BCUT2D eigenvalue weighted by Crippen LogP contribution is -2.53. The van der Waals surface area contributed by atoms with Crippen LogP contribution in [-0.2, 0) is 9.84 Å². The first-order chi connectivity index (χ1) is 3.81. The average Bonchev–Trinajstić information content (AvgIpc) is 1.51. The van der Waals surface area contributed by atoms with Crippen molar-refractivity contribution in [2.45, 2.75) is 18.9 Å². The summed E-state index contributed by atoms with van der Waals surface area (Å²) in [7, 11) is 0. The zero-order valence-electron chi connectivity index (χ0n) is 4.72. The number of ether oxygens (including phenoxy) is 1. The van der Waals surface area contributed by atoms with Crippen molar-refractivity contribution in [2.75, 3.05) is 13.2 Å². The Morgan fingerprint density at radius 2 is 2.00 bits per heavy atom. The van der Waals surface area contributed by atoms with Gasteiger partial charge in [-0.25, -0.2) is 5.11 Å². The predicted octanol–water partition coefficient (Wildman–Crippen LogP) is 0.596. The van der Waals surface area contributed by atoms with Crippen LogP contribution in [0.25, 0.3) is 0 Å². The molecule has 2 nitrogen and oxygen atoms in total. The van der Waals surface area contributed by atoms with E-state index in [0.717, 1.165) is 26.1 Å². The molecule has 0 atom stereocenters. The Bertz CT molecular complexity index is 99.1. The zero-order chi connectivity index (χ0) is 5.61. The molecule has 1 aliphatic heterocycles. The van der Waals surface area contributed by atoms with Crippen LogP contribution in [0.15, 0.2) is 0 Å². The summed E-state index contributed by atoms with van der Waals surface area (Å²) in [5, 5.41) is 10.5. The maximum absolute atomic E-state index is 10.5. The minimum Gasteiger partial charge on any atom is -0.380 e. The fourth-order valence-electron chi connectivity index (χ4n) is 1.53. The van der Waals surface area contributed by atoms with Crippen molar-refractivity contribution >= 4 is 0 Å². The molecular weight excluding hydrogens is 104 g/mol. The molecule has 0 aromatic rings. The molecule has 2 aliphatic rings. The van der Waals surface area contributed by atoms with Gasteiger partial charge >= 0.3 is 0 Å². The molecule has 2 fully saturated rings. The summed E-state index contributed by atoms with van der Waals surface area (Å²) in [6.07, 6.45) is 1.47. The van der Waals surface area contributed by atoms with Crippen molar-refractivity contribution in [1.82, 2.24) is 0 Å². The summed E-state index contributed by atoms with van der Waals surface area (Å²) in [5.41, 5.74) is 0.381. The molecule has 0 amide bonds. The van der Waals surface area contributed by atoms with Crippen molar-refractivity contribution in [3.63, 3.8) is 0 Å². The van der Waals surface area contributed by atoms with Gasteiger partial charge < -0.3 is 4.74 Å². The molecule has 1 spiro atoms. The fraction of sp³-hybridized carbons (Fsp3) is 1.00. The van der Waals surface area contributed by atoms with Gasteiger partial charge in [-0.2, -0.15) is 0 Å². The fourth-order valence-corrected chi connectivity index (χ4v) is 1.53. The molecule has 45 valence electrons. The number of rotatable bonds is 0. The van der Waals surface area contributed by atoms with Crippen LogP contribution in [0.4, 0.5) is 0 Å². The van der Waals surface area contributed by atoms with Crippen LogP contribution < -0.4 is 0 Å². The van der Waals surface area contributed by atoms with Crippen LogP contribution >= 0.6 is 0 Å². The minimum absolute atomic E-state index is 0.265. The average molecular weight is 113 g/mol. The van der Waals surface area contributed by atoms with E-state index in [-0.39, 0.29) is 6.10 Å². The van der Waals surface area contributed by atoms with E-state index < -0.39 is 0 Å². The molecule has 2 heteroatoms. The highest BCUT2D eigenvalue weighted by molar-refractivity contribution is 4.97. The topological polar surface area (TPSA) is 29.1 Å². The minimum atomic E-state index is -0.265. The molecule has 1 aliphatic carbocycles.